The molecule has 0 bridgehead atoms. The summed E-state index contributed by atoms with van der Waals surface area (Å²) in [5.41, 5.74) is 7.40. The Bertz CT molecular complexity index is 719. The number of nitrogens with two attached hydrogens (primary N) is 1. The third-order valence-electron chi connectivity index (χ3n) is 2.66. The summed E-state index contributed by atoms with van der Waals surface area (Å²) in [6, 6.07) is 9.47. The standard InChI is InChI=1S/C12H13N7/c1-2-14-10-7-11(16-12(13)15-10)19-9-6-4-3-5-8(9)17-18-19/h3-7H,2H2,1H3,(H3,13,14,15,16). The summed E-state index contributed by atoms with van der Waals surface area (Å²) < 4.78 is 1.65. The van der Waals surface area contributed by atoms with Gasteiger partial charge >= 0.3 is 0 Å². The number of nitrogens with zero attached hydrogens (tertiary/aromatic N) is 5. The van der Waals surface area contributed by atoms with Crippen LogP contribution in [0.2, 0.25) is 0 Å². The predicted molar refractivity (Wildman–Crippen MR) is 73.0 cm³/mol. The number of hydrogen-bond acceptors (Lipinski definition) is 6. The SMILES string of the molecule is CCNc1cc(-n2nnc3ccccc32)nc(N)n1. The van der Waals surface area contributed by atoms with Crippen molar-refractivity contribution in [1.82, 2.24) is 25.0 Å². The second-order valence-electron chi connectivity index (χ2n) is 3.99. The van der Waals surface area contributed by atoms with Crippen LogP contribution in [0.1, 0.15) is 6.92 Å². The highest BCUT2D eigenvalue weighted by atomic mass is 15.4. The zero-order valence-electron chi connectivity index (χ0n) is 10.4. The minimum absolute atomic E-state index is 0.202. The minimum atomic E-state index is 0.202. The van der Waals surface area contributed by atoms with E-state index in [4.69, 9.17) is 5.73 Å². The monoisotopic (exact) mass is 255 g/mol. The number of nitrogens with one attached hydrogen (secondary N) is 1. The zero-order chi connectivity index (χ0) is 13.2. The van der Waals surface area contributed by atoms with Gasteiger partial charge in [-0.3, -0.25) is 0 Å². The van der Waals surface area contributed by atoms with E-state index in [1.54, 1.807) is 10.7 Å². The van der Waals surface area contributed by atoms with Crippen molar-refractivity contribution >= 4 is 22.8 Å². The Morgan fingerprint density at radius 1 is 1.26 bits per heavy atom. The first-order chi connectivity index (χ1) is 9.28. The van der Waals surface area contributed by atoms with Crippen molar-refractivity contribution in [2.24, 2.45) is 0 Å². The van der Waals surface area contributed by atoms with Gasteiger partial charge in [0.25, 0.3) is 0 Å². The highest BCUT2D eigenvalue weighted by Crippen LogP contribution is 2.17. The molecule has 0 aliphatic rings. The van der Waals surface area contributed by atoms with Gasteiger partial charge in [0.15, 0.2) is 5.82 Å². The molecule has 0 spiro atoms. The average Bonchev–Trinajstić information content (AvgIpc) is 2.82. The molecule has 0 unspecified atom stereocenters. The maximum absolute atomic E-state index is 5.72. The number of hydrogen-bond donors (Lipinski definition) is 2. The van der Waals surface area contributed by atoms with E-state index in [9.17, 15) is 0 Å². The first-order valence-corrected chi connectivity index (χ1v) is 5.97. The van der Waals surface area contributed by atoms with Crippen LogP contribution < -0.4 is 11.1 Å². The minimum Gasteiger partial charge on any atom is -0.370 e. The predicted octanol–water partition coefficient (Wildman–Crippen LogP) is 1.22. The molecule has 0 saturated carbocycles. The number of para-hydroxylation sites is 1. The van der Waals surface area contributed by atoms with Gasteiger partial charge in [0.05, 0.1) is 5.52 Å². The van der Waals surface area contributed by atoms with E-state index in [-0.39, 0.29) is 5.95 Å². The van der Waals surface area contributed by atoms with Crippen molar-refractivity contribution in [1.29, 1.82) is 0 Å². The summed E-state index contributed by atoms with van der Waals surface area (Å²) >= 11 is 0. The number of aromatic nitrogens is 5. The van der Waals surface area contributed by atoms with Crippen molar-refractivity contribution < 1.29 is 0 Å². The average molecular weight is 255 g/mol. The van der Waals surface area contributed by atoms with Crippen LogP contribution in [-0.4, -0.2) is 31.5 Å². The zero-order valence-corrected chi connectivity index (χ0v) is 10.4. The number of rotatable bonds is 3. The van der Waals surface area contributed by atoms with E-state index in [1.165, 1.54) is 0 Å². The second kappa shape index (κ2) is 4.52. The van der Waals surface area contributed by atoms with Crippen LogP contribution in [-0.2, 0) is 0 Å². The van der Waals surface area contributed by atoms with Gasteiger partial charge in [0.1, 0.15) is 11.3 Å². The molecule has 7 heteroatoms. The van der Waals surface area contributed by atoms with Crippen molar-refractivity contribution in [2.45, 2.75) is 6.92 Å². The molecule has 19 heavy (non-hydrogen) atoms. The molecule has 1 aromatic carbocycles. The second-order valence-corrected chi connectivity index (χ2v) is 3.99. The molecule has 0 radical (unpaired) electrons. The Morgan fingerprint density at radius 3 is 2.95 bits per heavy atom. The number of fused-ring (bicyclic) bond motifs is 1. The van der Waals surface area contributed by atoms with Crippen molar-refractivity contribution in [3.8, 4) is 5.82 Å². The van der Waals surface area contributed by atoms with Crippen molar-refractivity contribution in [3.05, 3.63) is 30.3 Å². The first-order valence-electron chi connectivity index (χ1n) is 5.97. The van der Waals surface area contributed by atoms with E-state index in [2.05, 4.69) is 25.6 Å². The Labute approximate surface area is 109 Å². The Balaban J connectivity index is 2.15. The van der Waals surface area contributed by atoms with Crippen LogP contribution in [0.15, 0.2) is 30.3 Å². The van der Waals surface area contributed by atoms with E-state index in [1.807, 2.05) is 31.2 Å². The van der Waals surface area contributed by atoms with Crippen molar-refractivity contribution in [3.63, 3.8) is 0 Å². The molecule has 2 heterocycles. The lowest BCUT2D eigenvalue weighted by atomic mass is 10.3. The van der Waals surface area contributed by atoms with Gasteiger partial charge < -0.3 is 11.1 Å². The number of benzene rings is 1. The molecule has 3 aromatic rings. The fourth-order valence-corrected chi connectivity index (χ4v) is 1.87. The molecule has 0 fully saturated rings. The molecular formula is C12H13N7. The van der Waals surface area contributed by atoms with Gasteiger partial charge in [-0.15, -0.1) is 5.10 Å². The van der Waals surface area contributed by atoms with Crippen LogP contribution in [0.5, 0.6) is 0 Å². The van der Waals surface area contributed by atoms with Gasteiger partial charge in [0.2, 0.25) is 5.95 Å². The Kier molecular flexibility index (Phi) is 2.71. The van der Waals surface area contributed by atoms with E-state index in [0.717, 1.165) is 17.6 Å². The van der Waals surface area contributed by atoms with Gasteiger partial charge in [0, 0.05) is 12.6 Å². The summed E-state index contributed by atoms with van der Waals surface area (Å²) in [7, 11) is 0. The lowest BCUT2D eigenvalue weighted by Crippen LogP contribution is -2.08. The maximum atomic E-state index is 5.72. The molecule has 0 atom stereocenters. The Hall–Kier alpha value is -2.70. The molecular weight excluding hydrogens is 242 g/mol. The quantitative estimate of drug-likeness (QED) is 0.730. The summed E-state index contributed by atoms with van der Waals surface area (Å²) in [5.74, 6) is 1.47. The molecule has 3 N–H and O–H groups in total. The molecule has 2 aromatic heterocycles. The third kappa shape index (κ3) is 2.05. The number of nitrogen functional groups attached to an aromatic ring is 1. The van der Waals surface area contributed by atoms with E-state index >= 15 is 0 Å². The highest BCUT2D eigenvalue weighted by molar-refractivity contribution is 5.75. The number of anilines is 2. The summed E-state index contributed by atoms with van der Waals surface area (Å²) in [5, 5.41) is 11.3. The summed E-state index contributed by atoms with van der Waals surface area (Å²) in [6.45, 7) is 2.75. The van der Waals surface area contributed by atoms with Gasteiger partial charge in [-0.25, -0.2) is 0 Å². The molecule has 0 aliphatic carbocycles. The molecule has 96 valence electrons. The van der Waals surface area contributed by atoms with Crippen LogP contribution in [0.4, 0.5) is 11.8 Å². The smallest absolute Gasteiger partial charge is 0.224 e. The Morgan fingerprint density at radius 2 is 2.11 bits per heavy atom. The largest absolute Gasteiger partial charge is 0.370 e. The lowest BCUT2D eigenvalue weighted by molar-refractivity contribution is 0.799. The fourth-order valence-electron chi connectivity index (χ4n) is 1.87. The fraction of sp³-hybridized carbons (Fsp3) is 0.167. The first kappa shape index (κ1) is 11.4. The van der Waals surface area contributed by atoms with Crippen LogP contribution >= 0.6 is 0 Å². The summed E-state index contributed by atoms with van der Waals surface area (Å²) in [4.78, 5) is 8.30. The lowest BCUT2D eigenvalue weighted by Gasteiger charge is -2.06. The molecule has 0 saturated heterocycles. The van der Waals surface area contributed by atoms with Gasteiger partial charge in [-0.05, 0) is 19.1 Å². The van der Waals surface area contributed by atoms with Gasteiger partial charge in [-0.1, -0.05) is 17.3 Å². The topological polar surface area (TPSA) is 94.5 Å². The molecule has 0 amide bonds. The normalized spacial score (nSPS) is 10.8. The van der Waals surface area contributed by atoms with Gasteiger partial charge in [-0.2, -0.15) is 14.6 Å². The maximum Gasteiger partial charge on any atom is 0.224 e. The highest BCUT2D eigenvalue weighted by Gasteiger charge is 2.09. The van der Waals surface area contributed by atoms with Crippen LogP contribution in [0.3, 0.4) is 0 Å². The van der Waals surface area contributed by atoms with Crippen LogP contribution in [0, 0.1) is 0 Å². The molecule has 0 aliphatic heterocycles. The van der Waals surface area contributed by atoms with Crippen molar-refractivity contribution in [2.75, 3.05) is 17.6 Å². The molecule has 7 nitrogen and oxygen atoms in total. The van der Waals surface area contributed by atoms with Crippen LogP contribution in [0.25, 0.3) is 16.9 Å². The van der Waals surface area contributed by atoms with E-state index < -0.39 is 0 Å². The summed E-state index contributed by atoms with van der Waals surface area (Å²) in [6.07, 6.45) is 0. The third-order valence-corrected chi connectivity index (χ3v) is 2.66. The molecule has 3 rings (SSSR count). The van der Waals surface area contributed by atoms with E-state index in [0.29, 0.717) is 11.6 Å².